The zero-order valence-corrected chi connectivity index (χ0v) is 15.0. The molecule has 3 N–H and O–H groups in total. The van der Waals surface area contributed by atoms with E-state index in [1.807, 2.05) is 11.8 Å². The van der Waals surface area contributed by atoms with Crippen LogP contribution < -0.4 is 11.3 Å². The minimum atomic E-state index is 0.226. The third-order valence-electron chi connectivity index (χ3n) is 4.28. The Hall–Kier alpha value is -0.0400. The lowest BCUT2D eigenvalue weighted by molar-refractivity contribution is 0.395. The fourth-order valence-electron chi connectivity index (χ4n) is 2.93. The van der Waals surface area contributed by atoms with Crippen molar-refractivity contribution in [2.75, 3.05) is 5.75 Å². The fraction of sp³-hybridized carbons (Fsp3) is 0.786. The van der Waals surface area contributed by atoms with E-state index >= 15 is 0 Å². The lowest BCUT2D eigenvalue weighted by Gasteiger charge is -2.33. The summed E-state index contributed by atoms with van der Waals surface area (Å²) in [6.07, 6.45) is 4.38. The number of aromatic nitrogens is 2. The van der Waals surface area contributed by atoms with Crippen LogP contribution >= 0.6 is 27.7 Å². The van der Waals surface area contributed by atoms with Crippen LogP contribution in [0.5, 0.6) is 0 Å². The van der Waals surface area contributed by atoms with Gasteiger partial charge in [-0.05, 0) is 54.8 Å². The number of hydrazine groups is 1. The van der Waals surface area contributed by atoms with Crippen molar-refractivity contribution in [3.05, 3.63) is 15.9 Å². The van der Waals surface area contributed by atoms with Gasteiger partial charge >= 0.3 is 0 Å². The maximum atomic E-state index is 5.86. The van der Waals surface area contributed by atoms with Gasteiger partial charge in [0.2, 0.25) is 0 Å². The van der Waals surface area contributed by atoms with E-state index in [4.69, 9.17) is 5.84 Å². The molecule has 2 heterocycles. The van der Waals surface area contributed by atoms with Gasteiger partial charge in [0, 0.05) is 23.8 Å². The summed E-state index contributed by atoms with van der Waals surface area (Å²) in [5, 5.41) is 4.68. The summed E-state index contributed by atoms with van der Waals surface area (Å²) in [6.45, 7) is 7.51. The van der Waals surface area contributed by atoms with Crippen molar-refractivity contribution >= 4 is 27.7 Å². The number of nitrogens with two attached hydrogens (primary N) is 1. The number of nitrogens with one attached hydrogen (secondary N) is 1. The molecule has 0 aliphatic carbocycles. The number of rotatable bonds is 6. The van der Waals surface area contributed by atoms with Crippen LogP contribution in [0.15, 0.2) is 4.47 Å². The van der Waals surface area contributed by atoms with Crippen LogP contribution in [-0.2, 0) is 19.4 Å². The molecule has 1 aromatic rings. The molecule has 0 spiro atoms. The van der Waals surface area contributed by atoms with Crippen LogP contribution in [0.1, 0.15) is 45.0 Å². The minimum absolute atomic E-state index is 0.226. The van der Waals surface area contributed by atoms with Crippen LogP contribution in [0.2, 0.25) is 0 Å². The zero-order chi connectivity index (χ0) is 14.8. The molecule has 1 aliphatic rings. The van der Waals surface area contributed by atoms with Gasteiger partial charge in [-0.2, -0.15) is 16.9 Å². The average molecular weight is 361 g/mol. The molecule has 2 unspecified atom stereocenters. The molecule has 0 amide bonds. The van der Waals surface area contributed by atoms with E-state index in [0.717, 1.165) is 29.6 Å². The van der Waals surface area contributed by atoms with Crippen molar-refractivity contribution in [1.29, 1.82) is 0 Å². The third kappa shape index (κ3) is 3.08. The molecule has 114 valence electrons. The molecular weight excluding hydrogens is 336 g/mol. The van der Waals surface area contributed by atoms with Crippen molar-refractivity contribution in [3.63, 3.8) is 0 Å². The van der Waals surface area contributed by atoms with E-state index in [0.29, 0.717) is 0 Å². The van der Waals surface area contributed by atoms with Crippen LogP contribution in [0.3, 0.4) is 0 Å². The Kier molecular flexibility index (Phi) is 5.56. The first-order valence-corrected chi connectivity index (χ1v) is 9.17. The van der Waals surface area contributed by atoms with E-state index in [1.54, 1.807) is 0 Å². The van der Waals surface area contributed by atoms with Gasteiger partial charge < -0.3 is 0 Å². The first kappa shape index (κ1) is 16.3. The van der Waals surface area contributed by atoms with Gasteiger partial charge in [-0.3, -0.25) is 16.0 Å². The molecule has 0 saturated carbocycles. The Balaban J connectivity index is 2.25. The number of nitrogens with zero attached hydrogens (tertiary/aromatic N) is 2. The minimum Gasteiger partial charge on any atom is -0.271 e. The van der Waals surface area contributed by atoms with Crippen molar-refractivity contribution in [2.24, 2.45) is 5.84 Å². The Bertz CT molecular complexity index is 454. The maximum Gasteiger partial charge on any atom is 0.0766 e. The molecule has 0 radical (unpaired) electrons. The van der Waals surface area contributed by atoms with Gasteiger partial charge in [-0.25, -0.2) is 0 Å². The lowest BCUT2D eigenvalue weighted by Crippen LogP contribution is -2.50. The van der Waals surface area contributed by atoms with Crippen LogP contribution in [0.25, 0.3) is 0 Å². The summed E-state index contributed by atoms with van der Waals surface area (Å²) >= 11 is 5.77. The Morgan fingerprint density at radius 2 is 2.30 bits per heavy atom. The van der Waals surface area contributed by atoms with E-state index in [-0.39, 0.29) is 10.8 Å². The summed E-state index contributed by atoms with van der Waals surface area (Å²) in [5.41, 5.74) is 5.46. The predicted octanol–water partition coefficient (Wildman–Crippen LogP) is 2.89. The average Bonchev–Trinajstić information content (AvgIpc) is 3.01. The normalized spacial score (nSPS) is 24.2. The first-order valence-electron chi connectivity index (χ1n) is 7.39. The van der Waals surface area contributed by atoms with Crippen molar-refractivity contribution in [2.45, 2.75) is 63.8 Å². The van der Waals surface area contributed by atoms with Crippen LogP contribution in [0.4, 0.5) is 0 Å². The Morgan fingerprint density at radius 1 is 1.55 bits per heavy atom. The van der Waals surface area contributed by atoms with Gasteiger partial charge in [-0.1, -0.05) is 6.92 Å². The predicted molar refractivity (Wildman–Crippen MR) is 89.9 cm³/mol. The molecule has 4 nitrogen and oxygen atoms in total. The van der Waals surface area contributed by atoms with E-state index in [2.05, 4.69) is 51.9 Å². The quantitative estimate of drug-likeness (QED) is 0.604. The highest BCUT2D eigenvalue weighted by Crippen LogP contribution is 2.41. The standard InChI is InChI=1S/C14H25BrN4S/c1-4-10-13(15)11(19(5-2)18-10)9-12(17-16)14(3)7-6-8-20-14/h12,17H,4-9,16H2,1-3H3. The number of hydrogen-bond acceptors (Lipinski definition) is 4. The van der Waals surface area contributed by atoms with Crippen molar-refractivity contribution in [3.8, 4) is 0 Å². The summed E-state index contributed by atoms with van der Waals surface area (Å²) in [4.78, 5) is 0. The largest absolute Gasteiger partial charge is 0.271 e. The van der Waals surface area contributed by atoms with Gasteiger partial charge in [0.05, 0.1) is 15.9 Å². The molecule has 0 bridgehead atoms. The molecular formula is C14H25BrN4S. The number of thioether (sulfide) groups is 1. The number of hydrogen-bond donors (Lipinski definition) is 2. The molecule has 20 heavy (non-hydrogen) atoms. The summed E-state index contributed by atoms with van der Waals surface area (Å²) in [7, 11) is 0. The van der Waals surface area contributed by atoms with Gasteiger partial charge in [0.25, 0.3) is 0 Å². The Labute approximate surface area is 134 Å². The zero-order valence-electron chi connectivity index (χ0n) is 12.6. The van der Waals surface area contributed by atoms with Gasteiger partial charge in [0.15, 0.2) is 0 Å². The monoisotopic (exact) mass is 360 g/mol. The molecule has 1 saturated heterocycles. The van der Waals surface area contributed by atoms with Gasteiger partial charge in [-0.15, -0.1) is 0 Å². The summed E-state index contributed by atoms with van der Waals surface area (Å²) in [6, 6.07) is 0.276. The highest BCUT2D eigenvalue weighted by molar-refractivity contribution is 9.10. The fourth-order valence-corrected chi connectivity index (χ4v) is 5.05. The van der Waals surface area contributed by atoms with Gasteiger partial charge in [0.1, 0.15) is 0 Å². The maximum absolute atomic E-state index is 5.86. The van der Waals surface area contributed by atoms with Crippen LogP contribution in [-0.4, -0.2) is 26.3 Å². The second-order valence-corrected chi connectivity index (χ2v) is 7.99. The van der Waals surface area contributed by atoms with Crippen LogP contribution in [0, 0.1) is 0 Å². The summed E-state index contributed by atoms with van der Waals surface area (Å²) in [5.74, 6) is 7.10. The molecule has 6 heteroatoms. The second kappa shape index (κ2) is 6.81. The molecule has 2 atom stereocenters. The van der Waals surface area contributed by atoms with E-state index < -0.39 is 0 Å². The third-order valence-corrected chi connectivity index (χ3v) is 6.84. The SMILES string of the molecule is CCc1nn(CC)c(CC(NN)C2(C)CCCS2)c1Br. The summed E-state index contributed by atoms with van der Waals surface area (Å²) < 4.78 is 3.49. The highest BCUT2D eigenvalue weighted by atomic mass is 79.9. The van der Waals surface area contributed by atoms with Crippen molar-refractivity contribution in [1.82, 2.24) is 15.2 Å². The highest BCUT2D eigenvalue weighted by Gasteiger charge is 2.38. The molecule has 0 aromatic carbocycles. The Morgan fingerprint density at radius 3 is 2.80 bits per heavy atom. The first-order chi connectivity index (χ1) is 9.55. The molecule has 1 aliphatic heterocycles. The molecule has 1 fully saturated rings. The van der Waals surface area contributed by atoms with Crippen molar-refractivity contribution < 1.29 is 0 Å². The topological polar surface area (TPSA) is 55.9 Å². The van der Waals surface area contributed by atoms with E-state index in [9.17, 15) is 0 Å². The molecule has 2 rings (SSSR count). The number of halogens is 1. The second-order valence-electron chi connectivity index (χ2n) is 5.56. The smallest absolute Gasteiger partial charge is 0.0766 e. The molecule has 1 aromatic heterocycles. The number of aryl methyl sites for hydroxylation is 2. The lowest BCUT2D eigenvalue weighted by atomic mass is 9.93. The van der Waals surface area contributed by atoms with E-state index in [1.165, 1.54) is 24.3 Å².